The fraction of sp³-hybridized carbons (Fsp3) is 0.923. The number of likely N-dealkylation sites (tertiary alicyclic amines) is 1. The number of rotatable bonds is 5. The molecule has 0 bridgehead atoms. The number of nitrogens with zero attached hydrogens (tertiary/aromatic N) is 1. The SMILES string of the molecule is CCC1(C)CCN(C(=S)NCCCOC)CC1. The van der Waals surface area contributed by atoms with Crippen LogP contribution in [0.4, 0.5) is 0 Å². The fourth-order valence-electron chi connectivity index (χ4n) is 2.13. The smallest absolute Gasteiger partial charge is 0.168 e. The second kappa shape index (κ2) is 7.17. The number of methoxy groups -OCH3 is 1. The van der Waals surface area contributed by atoms with Crippen LogP contribution in [-0.4, -0.2) is 43.4 Å². The molecule has 0 atom stereocenters. The van der Waals surface area contributed by atoms with E-state index in [1.807, 2.05) is 0 Å². The van der Waals surface area contributed by atoms with Gasteiger partial charge in [-0.05, 0) is 36.9 Å². The number of nitrogens with one attached hydrogen (secondary N) is 1. The lowest BCUT2D eigenvalue weighted by molar-refractivity contribution is 0.161. The monoisotopic (exact) mass is 258 g/mol. The van der Waals surface area contributed by atoms with E-state index >= 15 is 0 Å². The van der Waals surface area contributed by atoms with Gasteiger partial charge in [0.15, 0.2) is 5.11 Å². The molecule has 0 saturated carbocycles. The Morgan fingerprint density at radius 1 is 1.41 bits per heavy atom. The molecule has 1 saturated heterocycles. The third-order valence-electron chi connectivity index (χ3n) is 3.91. The molecule has 0 aromatic carbocycles. The lowest BCUT2D eigenvalue weighted by atomic mass is 9.78. The van der Waals surface area contributed by atoms with Gasteiger partial charge in [-0.1, -0.05) is 20.3 Å². The van der Waals surface area contributed by atoms with Crippen molar-refractivity contribution in [2.75, 3.05) is 33.4 Å². The van der Waals surface area contributed by atoms with Crippen molar-refractivity contribution < 1.29 is 4.74 Å². The maximum absolute atomic E-state index is 5.41. The molecule has 3 nitrogen and oxygen atoms in total. The van der Waals surface area contributed by atoms with Crippen LogP contribution in [-0.2, 0) is 4.74 Å². The summed E-state index contributed by atoms with van der Waals surface area (Å²) in [5.41, 5.74) is 0.530. The molecule has 17 heavy (non-hydrogen) atoms. The predicted octanol–water partition coefficient (Wildman–Crippen LogP) is 2.41. The van der Waals surface area contributed by atoms with Crippen molar-refractivity contribution in [2.24, 2.45) is 5.41 Å². The molecule has 1 fully saturated rings. The van der Waals surface area contributed by atoms with E-state index in [1.54, 1.807) is 7.11 Å². The summed E-state index contributed by atoms with van der Waals surface area (Å²) in [5.74, 6) is 0. The second-order valence-corrected chi connectivity index (χ2v) is 5.62. The van der Waals surface area contributed by atoms with Crippen LogP contribution in [0.2, 0.25) is 0 Å². The molecule has 0 unspecified atom stereocenters. The third kappa shape index (κ3) is 4.80. The molecule has 1 heterocycles. The molecular formula is C13H26N2OS. The topological polar surface area (TPSA) is 24.5 Å². The number of ether oxygens (including phenoxy) is 1. The van der Waals surface area contributed by atoms with Crippen LogP contribution in [0.5, 0.6) is 0 Å². The van der Waals surface area contributed by atoms with Gasteiger partial charge in [0.1, 0.15) is 0 Å². The first-order chi connectivity index (χ1) is 8.11. The molecule has 0 amide bonds. The number of piperidine rings is 1. The van der Waals surface area contributed by atoms with Crippen LogP contribution in [0.1, 0.15) is 39.5 Å². The summed E-state index contributed by atoms with van der Waals surface area (Å²) < 4.78 is 5.01. The van der Waals surface area contributed by atoms with Crippen LogP contribution in [0, 0.1) is 5.41 Å². The van der Waals surface area contributed by atoms with Crippen molar-refractivity contribution in [3.05, 3.63) is 0 Å². The highest BCUT2D eigenvalue weighted by molar-refractivity contribution is 7.80. The number of hydrogen-bond acceptors (Lipinski definition) is 2. The molecule has 0 aliphatic carbocycles. The van der Waals surface area contributed by atoms with Crippen LogP contribution in [0.15, 0.2) is 0 Å². The van der Waals surface area contributed by atoms with Crippen molar-refractivity contribution in [1.82, 2.24) is 10.2 Å². The Bertz CT molecular complexity index is 238. The lowest BCUT2D eigenvalue weighted by Crippen LogP contribution is -2.46. The minimum Gasteiger partial charge on any atom is -0.385 e. The van der Waals surface area contributed by atoms with Crippen molar-refractivity contribution in [3.8, 4) is 0 Å². The van der Waals surface area contributed by atoms with E-state index in [0.29, 0.717) is 5.41 Å². The zero-order valence-corrected chi connectivity index (χ0v) is 12.2. The van der Waals surface area contributed by atoms with Gasteiger partial charge in [0.25, 0.3) is 0 Å². The van der Waals surface area contributed by atoms with E-state index in [0.717, 1.165) is 37.8 Å². The highest BCUT2D eigenvalue weighted by Gasteiger charge is 2.28. The quantitative estimate of drug-likeness (QED) is 0.604. The van der Waals surface area contributed by atoms with Crippen LogP contribution >= 0.6 is 12.2 Å². The van der Waals surface area contributed by atoms with E-state index < -0.39 is 0 Å². The third-order valence-corrected chi connectivity index (χ3v) is 4.32. The highest BCUT2D eigenvalue weighted by atomic mass is 32.1. The molecule has 0 aromatic rings. The van der Waals surface area contributed by atoms with E-state index in [-0.39, 0.29) is 0 Å². The van der Waals surface area contributed by atoms with Gasteiger partial charge in [-0.2, -0.15) is 0 Å². The zero-order valence-electron chi connectivity index (χ0n) is 11.4. The van der Waals surface area contributed by atoms with Gasteiger partial charge in [0.2, 0.25) is 0 Å². The molecule has 1 N–H and O–H groups in total. The average Bonchev–Trinajstić information content (AvgIpc) is 2.35. The van der Waals surface area contributed by atoms with E-state index in [4.69, 9.17) is 17.0 Å². The van der Waals surface area contributed by atoms with Gasteiger partial charge < -0.3 is 15.0 Å². The van der Waals surface area contributed by atoms with E-state index in [2.05, 4.69) is 24.1 Å². The molecule has 0 spiro atoms. The molecule has 1 aliphatic rings. The van der Waals surface area contributed by atoms with Crippen molar-refractivity contribution in [3.63, 3.8) is 0 Å². The molecule has 4 heteroatoms. The number of thiocarbonyl (C=S) groups is 1. The van der Waals surface area contributed by atoms with Gasteiger partial charge in [-0.3, -0.25) is 0 Å². The summed E-state index contributed by atoms with van der Waals surface area (Å²) in [6, 6.07) is 0. The molecule has 100 valence electrons. The van der Waals surface area contributed by atoms with E-state index in [1.165, 1.54) is 19.3 Å². The Balaban J connectivity index is 2.22. The van der Waals surface area contributed by atoms with Crippen molar-refractivity contribution in [2.45, 2.75) is 39.5 Å². The van der Waals surface area contributed by atoms with Crippen molar-refractivity contribution >= 4 is 17.3 Å². The standard InChI is InChI=1S/C13H26N2OS/c1-4-13(2)6-9-15(10-7-13)12(17)14-8-5-11-16-3/h4-11H2,1-3H3,(H,14,17). The molecular weight excluding hydrogens is 232 g/mol. The Labute approximate surface area is 111 Å². The van der Waals surface area contributed by atoms with Crippen LogP contribution < -0.4 is 5.32 Å². The van der Waals surface area contributed by atoms with Gasteiger partial charge in [-0.25, -0.2) is 0 Å². The Morgan fingerprint density at radius 2 is 2.06 bits per heavy atom. The van der Waals surface area contributed by atoms with Gasteiger partial charge in [0.05, 0.1) is 0 Å². The molecule has 1 aliphatic heterocycles. The highest BCUT2D eigenvalue weighted by Crippen LogP contribution is 2.33. The summed E-state index contributed by atoms with van der Waals surface area (Å²) in [7, 11) is 1.73. The largest absolute Gasteiger partial charge is 0.385 e. The number of hydrogen-bond donors (Lipinski definition) is 1. The van der Waals surface area contributed by atoms with E-state index in [9.17, 15) is 0 Å². The first-order valence-corrected chi connectivity index (χ1v) is 7.04. The minimum atomic E-state index is 0.530. The normalized spacial score (nSPS) is 19.1. The van der Waals surface area contributed by atoms with Gasteiger partial charge in [0, 0.05) is 33.4 Å². The summed E-state index contributed by atoms with van der Waals surface area (Å²) in [6.45, 7) is 8.58. The Kier molecular flexibility index (Phi) is 6.20. The van der Waals surface area contributed by atoms with Crippen molar-refractivity contribution in [1.29, 1.82) is 0 Å². The zero-order chi connectivity index (χ0) is 12.7. The summed E-state index contributed by atoms with van der Waals surface area (Å²) in [4.78, 5) is 2.31. The Morgan fingerprint density at radius 3 is 2.59 bits per heavy atom. The minimum absolute atomic E-state index is 0.530. The maximum Gasteiger partial charge on any atom is 0.168 e. The second-order valence-electron chi connectivity index (χ2n) is 5.23. The Hall–Kier alpha value is -0.350. The van der Waals surface area contributed by atoms with Gasteiger partial charge in [-0.15, -0.1) is 0 Å². The van der Waals surface area contributed by atoms with Gasteiger partial charge >= 0.3 is 0 Å². The maximum atomic E-state index is 5.41. The molecule has 0 radical (unpaired) electrons. The first kappa shape index (κ1) is 14.7. The molecule has 0 aromatic heterocycles. The fourth-order valence-corrected chi connectivity index (χ4v) is 2.41. The summed E-state index contributed by atoms with van der Waals surface area (Å²) >= 11 is 5.41. The predicted molar refractivity (Wildman–Crippen MR) is 76.3 cm³/mol. The first-order valence-electron chi connectivity index (χ1n) is 6.63. The summed E-state index contributed by atoms with van der Waals surface area (Å²) in [6.07, 6.45) is 4.79. The average molecular weight is 258 g/mol. The van der Waals surface area contributed by atoms with Crippen LogP contribution in [0.25, 0.3) is 0 Å². The summed E-state index contributed by atoms with van der Waals surface area (Å²) in [5, 5.41) is 4.23. The molecule has 1 rings (SSSR count). The lowest BCUT2D eigenvalue weighted by Gasteiger charge is -2.40. The van der Waals surface area contributed by atoms with Crippen LogP contribution in [0.3, 0.4) is 0 Å².